The van der Waals surface area contributed by atoms with Crippen molar-refractivity contribution in [3.8, 4) is 0 Å². The van der Waals surface area contributed by atoms with Crippen LogP contribution in [0.5, 0.6) is 0 Å². The summed E-state index contributed by atoms with van der Waals surface area (Å²) in [5, 5.41) is 2.22. The number of hydrogen-bond donors (Lipinski definition) is 1. The summed E-state index contributed by atoms with van der Waals surface area (Å²) in [6.07, 6.45) is 0.954. The summed E-state index contributed by atoms with van der Waals surface area (Å²) in [7, 11) is -3.58. The summed E-state index contributed by atoms with van der Waals surface area (Å²) in [5.41, 5.74) is 0. The smallest absolute Gasteiger partial charge is 0.256 e. The predicted octanol–water partition coefficient (Wildman–Crippen LogP) is -0.193. The maximum Gasteiger partial charge on any atom is 0.256 e. The zero-order valence-electron chi connectivity index (χ0n) is 8.40. The molecule has 14 heavy (non-hydrogen) atoms. The van der Waals surface area contributed by atoms with E-state index in [9.17, 15) is 13.2 Å². The van der Waals surface area contributed by atoms with Crippen molar-refractivity contribution < 1.29 is 18.0 Å². The number of nitrogens with zero attached hydrogens (tertiary/aromatic N) is 1. The molecule has 0 heterocycles. The molecule has 0 aliphatic carbocycles. The second-order valence-corrected chi connectivity index (χ2v) is 4.33. The Morgan fingerprint density at radius 1 is 1.57 bits per heavy atom. The van der Waals surface area contributed by atoms with Gasteiger partial charge in [0, 0.05) is 6.92 Å². The summed E-state index contributed by atoms with van der Waals surface area (Å²) >= 11 is 0. The average molecular weight is 222 g/mol. The number of hydroxylamine groups is 1. The van der Waals surface area contributed by atoms with Crippen LogP contribution >= 0.6 is 0 Å². The molecule has 0 fully saturated rings. The van der Waals surface area contributed by atoms with Crippen molar-refractivity contribution in [3.63, 3.8) is 0 Å². The van der Waals surface area contributed by atoms with E-state index < -0.39 is 15.9 Å². The van der Waals surface area contributed by atoms with Gasteiger partial charge in [0.05, 0.1) is 12.9 Å². The molecule has 0 unspecified atom stereocenters. The van der Waals surface area contributed by atoms with Crippen LogP contribution in [0, 0.1) is 0 Å². The highest BCUT2D eigenvalue weighted by Gasteiger charge is 2.19. The lowest BCUT2D eigenvalue weighted by Crippen LogP contribution is -2.37. The van der Waals surface area contributed by atoms with E-state index in [0.29, 0.717) is 4.47 Å². The zero-order chi connectivity index (χ0) is 11.4. The number of hydrogen-bond acceptors (Lipinski definition) is 4. The maximum absolute atomic E-state index is 11.1. The van der Waals surface area contributed by atoms with E-state index in [2.05, 4.69) is 11.9 Å². The van der Waals surface area contributed by atoms with Gasteiger partial charge < -0.3 is 5.32 Å². The molecule has 1 amide bonds. The van der Waals surface area contributed by atoms with Crippen LogP contribution in [-0.4, -0.2) is 31.7 Å². The van der Waals surface area contributed by atoms with Gasteiger partial charge in [0.2, 0.25) is 5.91 Å². The molecule has 7 heteroatoms. The number of carbonyl (C=O) groups is 1. The summed E-state index contributed by atoms with van der Waals surface area (Å²) in [4.78, 5) is 15.4. The minimum absolute atomic E-state index is 0.123. The normalized spacial score (nSPS) is 10.8. The van der Waals surface area contributed by atoms with Gasteiger partial charge in [-0.05, 0) is 6.92 Å². The highest BCUT2D eigenvalue weighted by atomic mass is 32.2. The van der Waals surface area contributed by atoms with Crippen molar-refractivity contribution in [1.82, 2.24) is 9.79 Å². The van der Waals surface area contributed by atoms with Crippen molar-refractivity contribution in [2.75, 3.05) is 12.9 Å². The second kappa shape index (κ2) is 4.97. The molecule has 0 rings (SSSR count). The Bertz CT molecular complexity index is 323. The first-order valence-electron chi connectivity index (χ1n) is 3.88. The van der Waals surface area contributed by atoms with Gasteiger partial charge in [-0.2, -0.15) is 0 Å². The fourth-order valence-electron chi connectivity index (χ4n) is 0.740. The van der Waals surface area contributed by atoms with E-state index in [4.69, 9.17) is 4.84 Å². The average Bonchev–Trinajstić information content (AvgIpc) is 1.96. The van der Waals surface area contributed by atoms with Crippen LogP contribution in [0.25, 0.3) is 0 Å². The molecule has 0 aliphatic rings. The quantitative estimate of drug-likeness (QED) is 0.654. The molecule has 0 saturated heterocycles. The fourth-order valence-corrected chi connectivity index (χ4v) is 1.48. The van der Waals surface area contributed by atoms with Crippen molar-refractivity contribution in [2.45, 2.75) is 13.8 Å². The Balaban J connectivity index is 4.67. The van der Waals surface area contributed by atoms with Crippen LogP contribution in [0.1, 0.15) is 13.8 Å². The third-order valence-corrected chi connectivity index (χ3v) is 2.02. The highest BCUT2D eigenvalue weighted by molar-refractivity contribution is 7.88. The third kappa shape index (κ3) is 4.24. The first kappa shape index (κ1) is 12.9. The van der Waals surface area contributed by atoms with Gasteiger partial charge in [-0.25, -0.2) is 8.42 Å². The molecule has 0 spiro atoms. The van der Waals surface area contributed by atoms with E-state index in [0.717, 1.165) is 6.26 Å². The first-order valence-corrected chi connectivity index (χ1v) is 5.73. The van der Waals surface area contributed by atoms with E-state index in [1.807, 2.05) is 0 Å². The Hall–Kier alpha value is -1.08. The van der Waals surface area contributed by atoms with Crippen molar-refractivity contribution in [2.24, 2.45) is 0 Å². The van der Waals surface area contributed by atoms with Crippen molar-refractivity contribution in [1.29, 1.82) is 0 Å². The van der Waals surface area contributed by atoms with Gasteiger partial charge >= 0.3 is 0 Å². The van der Waals surface area contributed by atoms with Gasteiger partial charge in [-0.1, -0.05) is 6.58 Å². The van der Waals surface area contributed by atoms with Gasteiger partial charge in [0.25, 0.3) is 10.0 Å². The zero-order valence-corrected chi connectivity index (χ0v) is 9.22. The molecule has 1 N–H and O–H groups in total. The monoisotopic (exact) mass is 222 g/mol. The first-order chi connectivity index (χ1) is 6.29. The van der Waals surface area contributed by atoms with Crippen LogP contribution in [0.15, 0.2) is 12.4 Å². The number of nitrogens with one attached hydrogen (secondary N) is 1. The molecule has 0 radical (unpaired) electrons. The molecule has 0 saturated carbocycles. The topological polar surface area (TPSA) is 75.7 Å². The predicted molar refractivity (Wildman–Crippen MR) is 51.3 cm³/mol. The molecule has 0 atom stereocenters. The molecule has 0 bridgehead atoms. The van der Waals surface area contributed by atoms with Crippen molar-refractivity contribution >= 4 is 15.9 Å². The van der Waals surface area contributed by atoms with Crippen LogP contribution in [0.2, 0.25) is 0 Å². The van der Waals surface area contributed by atoms with E-state index in [-0.39, 0.29) is 12.4 Å². The molecule has 0 aromatic heterocycles. The van der Waals surface area contributed by atoms with Gasteiger partial charge in [0.1, 0.15) is 5.82 Å². The van der Waals surface area contributed by atoms with Crippen molar-refractivity contribution in [3.05, 3.63) is 12.4 Å². The fraction of sp³-hybridized carbons (Fsp3) is 0.571. The van der Waals surface area contributed by atoms with Crippen LogP contribution < -0.4 is 5.32 Å². The molecule has 0 aliphatic heterocycles. The SMILES string of the molecule is C=C(NC(C)=O)N(OCC)S(C)(=O)=O. The van der Waals surface area contributed by atoms with Crippen LogP contribution in [-0.2, 0) is 19.7 Å². The molecule has 0 aromatic carbocycles. The third-order valence-electron chi connectivity index (χ3n) is 1.09. The molecular formula is C7H14N2O4S. The minimum Gasteiger partial charge on any atom is -0.310 e. The Morgan fingerprint density at radius 2 is 2.07 bits per heavy atom. The van der Waals surface area contributed by atoms with Crippen LogP contribution in [0.4, 0.5) is 0 Å². The maximum atomic E-state index is 11.1. The number of amides is 1. The number of sulfonamides is 1. The van der Waals surface area contributed by atoms with E-state index in [1.165, 1.54) is 6.92 Å². The lowest BCUT2D eigenvalue weighted by atomic mass is 10.6. The van der Waals surface area contributed by atoms with Gasteiger partial charge in [-0.15, -0.1) is 4.47 Å². The van der Waals surface area contributed by atoms with E-state index in [1.54, 1.807) is 6.92 Å². The summed E-state index contributed by atoms with van der Waals surface area (Å²) in [5.74, 6) is -0.537. The van der Waals surface area contributed by atoms with E-state index >= 15 is 0 Å². The Morgan fingerprint density at radius 3 is 2.36 bits per heavy atom. The standard InChI is InChI=1S/C7H14N2O4S/c1-5-13-9(14(4,11)12)6(2)8-7(3)10/h2,5H2,1,3-4H3,(H,8,10). The minimum atomic E-state index is -3.58. The Kier molecular flexibility index (Phi) is 4.58. The lowest BCUT2D eigenvalue weighted by molar-refractivity contribution is -0.120. The largest absolute Gasteiger partial charge is 0.310 e. The molecule has 6 nitrogen and oxygen atoms in total. The molecule has 82 valence electrons. The van der Waals surface area contributed by atoms with Crippen LogP contribution in [0.3, 0.4) is 0 Å². The summed E-state index contributed by atoms with van der Waals surface area (Å²) < 4.78 is 22.8. The highest BCUT2D eigenvalue weighted by Crippen LogP contribution is 2.05. The second-order valence-electron chi connectivity index (χ2n) is 2.54. The molecular weight excluding hydrogens is 208 g/mol. The summed E-state index contributed by atoms with van der Waals surface area (Å²) in [6.45, 7) is 6.40. The number of carbonyl (C=O) groups excluding carboxylic acids is 1. The van der Waals surface area contributed by atoms with Gasteiger partial charge in [-0.3, -0.25) is 9.63 Å². The summed E-state index contributed by atoms with van der Waals surface area (Å²) in [6, 6.07) is 0. The van der Waals surface area contributed by atoms with Gasteiger partial charge in [0.15, 0.2) is 0 Å². The Labute approximate surface area is 83.5 Å². The number of rotatable bonds is 5. The molecule has 0 aromatic rings. The lowest BCUT2D eigenvalue weighted by Gasteiger charge is -2.21.